The lowest BCUT2D eigenvalue weighted by Gasteiger charge is -2.12. The molecule has 0 fully saturated rings. The number of hydrogen-bond donors (Lipinski definition) is 2. The molecule has 0 heterocycles. The van der Waals surface area contributed by atoms with Gasteiger partial charge in [-0.25, -0.2) is 13.1 Å². The number of amides is 1. The fourth-order valence-electron chi connectivity index (χ4n) is 2.53. The Morgan fingerprint density at radius 1 is 1.19 bits per heavy atom. The highest BCUT2D eigenvalue weighted by Crippen LogP contribution is 2.33. The monoisotopic (exact) mass is 452 g/mol. The van der Waals surface area contributed by atoms with Gasteiger partial charge in [0.2, 0.25) is 15.9 Å². The molecule has 2 N–H and O–H groups in total. The summed E-state index contributed by atoms with van der Waals surface area (Å²) in [5, 5.41) is 2.60. The van der Waals surface area contributed by atoms with Crippen LogP contribution in [0.5, 0.6) is 11.5 Å². The van der Waals surface area contributed by atoms with Gasteiger partial charge in [0.25, 0.3) is 0 Å². The average molecular weight is 452 g/mol. The molecule has 0 bridgehead atoms. The van der Waals surface area contributed by atoms with Crippen molar-refractivity contribution in [2.75, 3.05) is 19.0 Å². The molecule has 1 amide bonds. The van der Waals surface area contributed by atoms with Crippen LogP contribution >= 0.6 is 0 Å². The highest BCUT2D eigenvalue weighted by Gasteiger charge is 2.14. The molecule has 2 aromatic rings. The molecule has 7 nitrogen and oxygen atoms in total. The van der Waals surface area contributed by atoms with E-state index in [-0.39, 0.29) is 29.4 Å². The summed E-state index contributed by atoms with van der Waals surface area (Å²) in [7, 11) is -2.17. The number of rotatable bonds is 11. The van der Waals surface area contributed by atoms with Crippen LogP contribution in [0.25, 0.3) is 6.08 Å². The third-order valence-corrected chi connectivity index (χ3v) is 5.20. The second-order valence-corrected chi connectivity index (χ2v) is 7.98. The zero-order valence-corrected chi connectivity index (χ0v) is 17.5. The number of carbonyl (C=O) groups is 1. The maximum Gasteiger partial charge on any atom is 0.387 e. The van der Waals surface area contributed by atoms with E-state index in [1.807, 2.05) is 0 Å². The number of carbonyl (C=O) groups excluding carboxylic acids is 1. The standard InChI is InChI=1S/C21H22F2N2O5S/c1-3-13-24-31(27,28)14-15-7-10-17(11-8-15)25-19(26)12-9-16-5-4-6-18(29-2)20(16)30-21(22)23/h3-12,21,24H,1,13-14H2,2H3,(H,25,26)/b12-9+. The number of sulfonamides is 1. The molecule has 0 aliphatic carbocycles. The third kappa shape index (κ3) is 7.83. The minimum Gasteiger partial charge on any atom is -0.493 e. The normalized spacial score (nSPS) is 11.5. The Kier molecular flexibility index (Phi) is 8.71. The molecule has 0 aliphatic heterocycles. The fraction of sp³-hybridized carbons (Fsp3) is 0.190. The Balaban J connectivity index is 2.05. The molecule has 0 saturated carbocycles. The van der Waals surface area contributed by atoms with Crippen molar-refractivity contribution in [3.8, 4) is 11.5 Å². The molecule has 2 aromatic carbocycles. The topological polar surface area (TPSA) is 93.7 Å². The van der Waals surface area contributed by atoms with Crippen LogP contribution in [-0.2, 0) is 20.6 Å². The molecule has 0 atom stereocenters. The number of ether oxygens (including phenoxy) is 2. The Hall–Kier alpha value is -3.24. The van der Waals surface area contributed by atoms with E-state index in [9.17, 15) is 22.0 Å². The largest absolute Gasteiger partial charge is 0.493 e. The van der Waals surface area contributed by atoms with E-state index in [0.717, 1.165) is 6.08 Å². The van der Waals surface area contributed by atoms with Crippen LogP contribution in [0.2, 0.25) is 0 Å². The van der Waals surface area contributed by atoms with Crippen molar-refractivity contribution in [3.63, 3.8) is 0 Å². The number of anilines is 1. The summed E-state index contributed by atoms with van der Waals surface area (Å²) < 4.78 is 61.0. The van der Waals surface area contributed by atoms with E-state index in [4.69, 9.17) is 4.74 Å². The fourth-order valence-corrected chi connectivity index (χ4v) is 3.64. The zero-order valence-electron chi connectivity index (χ0n) is 16.7. The maximum absolute atomic E-state index is 12.7. The van der Waals surface area contributed by atoms with Crippen molar-refractivity contribution >= 4 is 27.7 Å². The van der Waals surface area contributed by atoms with Crippen LogP contribution in [0.1, 0.15) is 11.1 Å². The van der Waals surface area contributed by atoms with Crippen LogP contribution in [0.15, 0.2) is 61.2 Å². The van der Waals surface area contributed by atoms with Crippen molar-refractivity contribution in [2.24, 2.45) is 0 Å². The molecule has 2 rings (SSSR count). The average Bonchev–Trinajstić information content (AvgIpc) is 2.72. The smallest absolute Gasteiger partial charge is 0.387 e. The van der Waals surface area contributed by atoms with Gasteiger partial charge >= 0.3 is 6.61 Å². The Morgan fingerprint density at radius 3 is 2.52 bits per heavy atom. The molecule has 0 aliphatic rings. The van der Waals surface area contributed by atoms with E-state index >= 15 is 0 Å². The SMILES string of the molecule is C=CCNS(=O)(=O)Cc1ccc(NC(=O)/C=C/c2cccc(OC)c2OC(F)F)cc1. The summed E-state index contributed by atoms with van der Waals surface area (Å²) in [6, 6.07) is 10.8. The molecule has 0 saturated heterocycles. The first-order valence-corrected chi connectivity index (χ1v) is 10.7. The molecule has 166 valence electrons. The lowest BCUT2D eigenvalue weighted by molar-refractivity contribution is -0.111. The quantitative estimate of drug-likeness (QED) is 0.402. The van der Waals surface area contributed by atoms with Gasteiger partial charge in [0, 0.05) is 23.9 Å². The predicted molar refractivity (Wildman–Crippen MR) is 115 cm³/mol. The zero-order chi connectivity index (χ0) is 22.9. The van der Waals surface area contributed by atoms with Gasteiger partial charge in [-0.05, 0) is 29.8 Å². The van der Waals surface area contributed by atoms with Crippen LogP contribution in [0.3, 0.4) is 0 Å². The van der Waals surface area contributed by atoms with Crippen LogP contribution in [0.4, 0.5) is 14.5 Å². The van der Waals surface area contributed by atoms with Crippen LogP contribution in [0, 0.1) is 0 Å². The summed E-state index contributed by atoms with van der Waals surface area (Å²) in [5.41, 5.74) is 1.21. The summed E-state index contributed by atoms with van der Waals surface area (Å²) in [5.74, 6) is -0.799. The van der Waals surface area contributed by atoms with Gasteiger partial charge in [0.05, 0.1) is 12.9 Å². The van der Waals surface area contributed by atoms with E-state index < -0.39 is 22.5 Å². The first-order valence-electron chi connectivity index (χ1n) is 9.02. The molecular weight excluding hydrogens is 430 g/mol. The minimum absolute atomic E-state index is 0.107. The van der Waals surface area contributed by atoms with Gasteiger partial charge in [-0.2, -0.15) is 8.78 Å². The Morgan fingerprint density at radius 2 is 1.90 bits per heavy atom. The summed E-state index contributed by atoms with van der Waals surface area (Å²) in [6.45, 7) is 0.541. The number of para-hydroxylation sites is 1. The van der Waals surface area contributed by atoms with Crippen molar-refractivity contribution in [2.45, 2.75) is 12.4 Å². The van der Waals surface area contributed by atoms with Crippen molar-refractivity contribution in [3.05, 3.63) is 72.3 Å². The highest BCUT2D eigenvalue weighted by molar-refractivity contribution is 7.88. The van der Waals surface area contributed by atoms with Gasteiger partial charge in [-0.3, -0.25) is 4.79 Å². The number of methoxy groups -OCH3 is 1. The molecular formula is C21H22F2N2O5S. The summed E-state index contributed by atoms with van der Waals surface area (Å²) >= 11 is 0. The highest BCUT2D eigenvalue weighted by atomic mass is 32.2. The number of hydrogen-bond acceptors (Lipinski definition) is 5. The molecule has 0 unspecified atom stereocenters. The first-order chi connectivity index (χ1) is 14.7. The maximum atomic E-state index is 12.7. The number of nitrogens with one attached hydrogen (secondary N) is 2. The third-order valence-electron chi connectivity index (χ3n) is 3.88. The Labute approximate surface area is 179 Å². The lowest BCUT2D eigenvalue weighted by Crippen LogP contribution is -2.25. The molecule has 0 spiro atoms. The van der Waals surface area contributed by atoms with Gasteiger partial charge in [0.15, 0.2) is 11.5 Å². The van der Waals surface area contributed by atoms with Crippen LogP contribution < -0.4 is 19.5 Å². The second-order valence-electron chi connectivity index (χ2n) is 6.17. The summed E-state index contributed by atoms with van der Waals surface area (Å²) in [4.78, 5) is 12.2. The van der Waals surface area contributed by atoms with Gasteiger partial charge < -0.3 is 14.8 Å². The Bertz CT molecular complexity index is 1040. The van der Waals surface area contributed by atoms with Crippen LogP contribution in [-0.4, -0.2) is 34.6 Å². The van der Waals surface area contributed by atoms with E-state index in [1.165, 1.54) is 31.4 Å². The van der Waals surface area contributed by atoms with Crippen molar-refractivity contribution < 1.29 is 31.5 Å². The van der Waals surface area contributed by atoms with Gasteiger partial charge in [-0.1, -0.05) is 30.3 Å². The number of benzene rings is 2. The van der Waals surface area contributed by atoms with E-state index in [0.29, 0.717) is 11.3 Å². The lowest BCUT2D eigenvalue weighted by atomic mass is 10.1. The molecule has 10 heteroatoms. The minimum atomic E-state index is -3.49. The van der Waals surface area contributed by atoms with E-state index in [1.54, 1.807) is 30.3 Å². The molecule has 0 aromatic heterocycles. The summed E-state index contributed by atoms with van der Waals surface area (Å²) in [6.07, 6.45) is 3.92. The van der Waals surface area contributed by atoms with E-state index in [2.05, 4.69) is 21.4 Å². The van der Waals surface area contributed by atoms with Gasteiger partial charge in [-0.15, -0.1) is 6.58 Å². The predicted octanol–water partition coefficient (Wildman–Crippen LogP) is 3.55. The number of halogens is 2. The van der Waals surface area contributed by atoms with Crippen molar-refractivity contribution in [1.29, 1.82) is 0 Å². The number of alkyl halides is 2. The second kappa shape index (κ2) is 11.2. The van der Waals surface area contributed by atoms with Crippen molar-refractivity contribution in [1.82, 2.24) is 4.72 Å². The molecule has 0 radical (unpaired) electrons. The molecule has 31 heavy (non-hydrogen) atoms. The first kappa shape index (κ1) is 24.0. The van der Waals surface area contributed by atoms with Gasteiger partial charge in [0.1, 0.15) is 0 Å².